The lowest BCUT2D eigenvalue weighted by atomic mass is 9.84. The normalized spacial score (nSPS) is 15.4. The van der Waals surface area contributed by atoms with Crippen molar-refractivity contribution in [1.82, 2.24) is 4.98 Å². The van der Waals surface area contributed by atoms with Gasteiger partial charge in [-0.25, -0.2) is 4.98 Å². The molecule has 0 aliphatic heterocycles. The van der Waals surface area contributed by atoms with E-state index < -0.39 is 0 Å². The van der Waals surface area contributed by atoms with Crippen molar-refractivity contribution < 1.29 is 9.52 Å². The maximum atomic E-state index is 13.2. The van der Waals surface area contributed by atoms with Crippen molar-refractivity contribution in [2.45, 2.75) is 38.5 Å². The second-order valence-electron chi connectivity index (χ2n) is 7.61. The van der Waals surface area contributed by atoms with E-state index in [-0.39, 0.29) is 11.2 Å². The molecule has 0 unspecified atom stereocenters. The zero-order chi connectivity index (χ0) is 19.1. The Kier molecular flexibility index (Phi) is 4.40. The van der Waals surface area contributed by atoms with Crippen LogP contribution in [0.25, 0.3) is 31.8 Å². The molecule has 5 rings (SSSR count). The van der Waals surface area contributed by atoms with Crippen molar-refractivity contribution in [3.8, 4) is 16.3 Å². The summed E-state index contributed by atoms with van der Waals surface area (Å²) in [7, 11) is 0. The van der Waals surface area contributed by atoms with Gasteiger partial charge in [-0.1, -0.05) is 44.2 Å². The molecule has 0 atom stereocenters. The van der Waals surface area contributed by atoms with Gasteiger partial charge in [0, 0.05) is 5.56 Å². The van der Waals surface area contributed by atoms with Crippen molar-refractivity contribution in [1.29, 1.82) is 0 Å². The highest BCUT2D eigenvalue weighted by Gasteiger charge is 2.21. The first-order valence-electron chi connectivity index (χ1n) is 9.83. The van der Waals surface area contributed by atoms with Crippen LogP contribution in [-0.2, 0) is 6.42 Å². The molecule has 2 aromatic heterocycles. The number of hydrogen-bond acceptors (Lipinski definition) is 5. The number of thiazole rings is 1. The van der Waals surface area contributed by atoms with Gasteiger partial charge in [-0.2, -0.15) is 0 Å². The quantitative estimate of drug-likeness (QED) is 0.472. The summed E-state index contributed by atoms with van der Waals surface area (Å²) in [6, 6.07) is 11.1. The molecule has 4 aromatic rings. The minimum absolute atomic E-state index is 0.0924. The Bertz CT molecular complexity index is 1180. The van der Waals surface area contributed by atoms with Crippen LogP contribution in [-0.4, -0.2) is 10.1 Å². The molecule has 1 aliphatic rings. The third kappa shape index (κ3) is 3.00. The zero-order valence-electron chi connectivity index (χ0n) is 15.5. The Morgan fingerprint density at radius 1 is 1.11 bits per heavy atom. The van der Waals surface area contributed by atoms with Gasteiger partial charge in [0.2, 0.25) is 5.43 Å². The van der Waals surface area contributed by atoms with Crippen LogP contribution in [0.15, 0.2) is 51.9 Å². The highest BCUT2D eigenvalue weighted by atomic mass is 32.1. The first-order valence-corrected chi connectivity index (χ1v) is 10.6. The second kappa shape index (κ2) is 7.06. The van der Waals surface area contributed by atoms with Gasteiger partial charge < -0.3 is 9.52 Å². The molecule has 1 fully saturated rings. The monoisotopic (exact) mass is 391 g/mol. The van der Waals surface area contributed by atoms with Gasteiger partial charge in [-0.15, -0.1) is 11.3 Å². The number of nitrogens with zero attached hydrogens (tertiary/aromatic N) is 1. The largest absolute Gasteiger partial charge is 0.508 e. The van der Waals surface area contributed by atoms with E-state index in [1.54, 1.807) is 12.1 Å². The van der Waals surface area contributed by atoms with Crippen molar-refractivity contribution in [3.63, 3.8) is 0 Å². The van der Waals surface area contributed by atoms with E-state index in [0.29, 0.717) is 27.5 Å². The summed E-state index contributed by atoms with van der Waals surface area (Å²) in [5.74, 6) is 0.758. The predicted octanol–water partition coefficient (Wildman–Crippen LogP) is 5.90. The fraction of sp³-hybridized carbons (Fsp3) is 0.304. The first-order chi connectivity index (χ1) is 13.7. The number of benzene rings is 2. The molecule has 0 amide bonds. The van der Waals surface area contributed by atoms with E-state index in [4.69, 9.17) is 4.42 Å². The minimum Gasteiger partial charge on any atom is -0.508 e. The fourth-order valence-electron chi connectivity index (χ4n) is 4.26. The molecule has 2 aromatic carbocycles. The maximum absolute atomic E-state index is 13.2. The van der Waals surface area contributed by atoms with Gasteiger partial charge in [0.25, 0.3) is 0 Å². The highest BCUT2D eigenvalue weighted by Crippen LogP contribution is 2.35. The van der Waals surface area contributed by atoms with Crippen LogP contribution >= 0.6 is 11.3 Å². The maximum Gasteiger partial charge on any atom is 0.202 e. The summed E-state index contributed by atoms with van der Waals surface area (Å²) in [6.45, 7) is 0. The summed E-state index contributed by atoms with van der Waals surface area (Å²) in [5.41, 5.74) is 2.54. The number of para-hydroxylation sites is 1. The minimum atomic E-state index is -0.0924. The lowest BCUT2D eigenvalue weighted by Gasteiger charge is -2.22. The molecule has 142 valence electrons. The average Bonchev–Trinajstić information content (AvgIpc) is 3.15. The molecule has 28 heavy (non-hydrogen) atoms. The molecule has 2 heterocycles. The van der Waals surface area contributed by atoms with Gasteiger partial charge in [-0.05, 0) is 36.6 Å². The molecule has 5 heteroatoms. The molecule has 0 saturated heterocycles. The Morgan fingerprint density at radius 2 is 1.93 bits per heavy atom. The fourth-order valence-corrected chi connectivity index (χ4v) is 5.23. The van der Waals surface area contributed by atoms with E-state index >= 15 is 0 Å². The van der Waals surface area contributed by atoms with Crippen molar-refractivity contribution >= 4 is 32.5 Å². The van der Waals surface area contributed by atoms with E-state index in [2.05, 4.69) is 4.98 Å². The molecule has 1 saturated carbocycles. The van der Waals surface area contributed by atoms with E-state index in [9.17, 15) is 9.90 Å². The Morgan fingerprint density at radius 3 is 2.75 bits per heavy atom. The van der Waals surface area contributed by atoms with Crippen LogP contribution < -0.4 is 5.43 Å². The first kappa shape index (κ1) is 17.4. The molecular weight excluding hydrogens is 370 g/mol. The van der Waals surface area contributed by atoms with Gasteiger partial charge in [-0.3, -0.25) is 4.79 Å². The Hall–Kier alpha value is -2.66. The van der Waals surface area contributed by atoms with Crippen molar-refractivity contribution in [2.75, 3.05) is 0 Å². The molecule has 4 nitrogen and oxygen atoms in total. The summed E-state index contributed by atoms with van der Waals surface area (Å²) < 4.78 is 6.98. The van der Waals surface area contributed by atoms with E-state index in [1.165, 1.54) is 49.7 Å². The van der Waals surface area contributed by atoms with Crippen LogP contribution in [0, 0.1) is 5.92 Å². The molecule has 1 aliphatic carbocycles. The molecule has 1 N–H and O–H groups in total. The van der Waals surface area contributed by atoms with Crippen LogP contribution in [0.4, 0.5) is 0 Å². The lowest BCUT2D eigenvalue weighted by molar-refractivity contribution is 0.351. The second-order valence-corrected chi connectivity index (χ2v) is 8.64. The Labute approximate surface area is 166 Å². The third-order valence-electron chi connectivity index (χ3n) is 5.76. The summed E-state index contributed by atoms with van der Waals surface area (Å²) in [5, 5.41) is 11.6. The van der Waals surface area contributed by atoms with Gasteiger partial charge in [0.05, 0.1) is 21.2 Å². The molecule has 0 bridgehead atoms. The van der Waals surface area contributed by atoms with Crippen LogP contribution in [0.1, 0.15) is 37.7 Å². The molecular formula is C23H21NO3S. The van der Waals surface area contributed by atoms with Gasteiger partial charge >= 0.3 is 0 Å². The highest BCUT2D eigenvalue weighted by molar-refractivity contribution is 7.21. The van der Waals surface area contributed by atoms with E-state index in [1.807, 2.05) is 24.3 Å². The number of hydrogen-bond donors (Lipinski definition) is 1. The number of aromatic hydroxyl groups is 1. The SMILES string of the molecule is O=c1c(-c2nc3ccccc3s2)coc2c(CC3CCCCC3)c(O)ccc12. The van der Waals surface area contributed by atoms with Gasteiger partial charge in [0.1, 0.15) is 22.6 Å². The number of fused-ring (bicyclic) bond motifs is 2. The number of rotatable bonds is 3. The molecule has 0 radical (unpaired) electrons. The summed E-state index contributed by atoms with van der Waals surface area (Å²) in [4.78, 5) is 17.8. The molecule has 0 spiro atoms. The lowest BCUT2D eigenvalue weighted by Crippen LogP contribution is -2.11. The number of phenolic OH excluding ortho intramolecular Hbond substituents is 1. The topological polar surface area (TPSA) is 63.3 Å². The zero-order valence-corrected chi connectivity index (χ0v) is 16.3. The number of aromatic nitrogens is 1. The van der Waals surface area contributed by atoms with Crippen LogP contribution in [0.3, 0.4) is 0 Å². The number of phenols is 1. The average molecular weight is 391 g/mol. The van der Waals surface area contributed by atoms with Crippen LogP contribution in [0.5, 0.6) is 5.75 Å². The summed E-state index contributed by atoms with van der Waals surface area (Å²) >= 11 is 1.49. The predicted molar refractivity (Wildman–Crippen MR) is 113 cm³/mol. The van der Waals surface area contributed by atoms with Crippen LogP contribution in [0.2, 0.25) is 0 Å². The summed E-state index contributed by atoms with van der Waals surface area (Å²) in [6.07, 6.45) is 8.37. The smallest absolute Gasteiger partial charge is 0.202 e. The van der Waals surface area contributed by atoms with Crippen molar-refractivity contribution in [3.05, 3.63) is 58.4 Å². The standard InChI is InChI=1S/C23H21NO3S/c25-19-11-10-15-21(26)17(23-24-18-8-4-5-9-20(18)28-23)13-27-22(15)16(19)12-14-6-2-1-3-7-14/h4-5,8-11,13-14,25H,1-3,6-7,12H2. The van der Waals surface area contributed by atoms with Gasteiger partial charge in [0.15, 0.2) is 0 Å². The van der Waals surface area contributed by atoms with Crippen molar-refractivity contribution in [2.24, 2.45) is 5.92 Å². The Balaban J connectivity index is 1.61. The third-order valence-corrected chi connectivity index (χ3v) is 6.83. The van der Waals surface area contributed by atoms with E-state index in [0.717, 1.165) is 22.2 Å².